The molecule has 1 fully saturated rings. The zero-order valence-electron chi connectivity index (χ0n) is 7.96. The van der Waals surface area contributed by atoms with Crippen LogP contribution in [0.4, 0.5) is 4.39 Å². The Kier molecular flexibility index (Phi) is 2.02. The van der Waals surface area contributed by atoms with Gasteiger partial charge in [-0.25, -0.2) is 4.39 Å². The Morgan fingerprint density at radius 3 is 2.79 bits per heavy atom. The third-order valence-corrected chi connectivity index (χ3v) is 2.77. The zero-order chi connectivity index (χ0) is 10.3. The predicted molar refractivity (Wildman–Crippen MR) is 51.2 cm³/mol. The van der Waals surface area contributed by atoms with E-state index in [1.807, 2.05) is 0 Å². The molecule has 1 aromatic carbocycles. The number of rotatable bonds is 2. The average Bonchev–Trinajstić information content (AvgIpc) is 2.89. The number of halogens is 1. The predicted octanol–water partition coefficient (Wildman–Crippen LogP) is 1.72. The molecule has 14 heavy (non-hydrogen) atoms. The van der Waals surface area contributed by atoms with Crippen LogP contribution in [0.3, 0.4) is 0 Å². The number of primary amides is 1. The van der Waals surface area contributed by atoms with E-state index in [9.17, 15) is 9.18 Å². The third kappa shape index (κ3) is 1.50. The van der Waals surface area contributed by atoms with Gasteiger partial charge >= 0.3 is 0 Å². The quantitative estimate of drug-likeness (QED) is 0.763. The van der Waals surface area contributed by atoms with Crippen LogP contribution < -0.4 is 5.73 Å². The number of carbonyl (C=O) groups is 1. The second kappa shape index (κ2) is 3.08. The Bertz CT molecular complexity index is 389. The zero-order valence-corrected chi connectivity index (χ0v) is 7.96. The van der Waals surface area contributed by atoms with E-state index in [1.165, 1.54) is 6.07 Å². The highest BCUT2D eigenvalue weighted by molar-refractivity contribution is 5.81. The van der Waals surface area contributed by atoms with Gasteiger partial charge in [0.05, 0.1) is 0 Å². The van der Waals surface area contributed by atoms with Gasteiger partial charge in [-0.15, -0.1) is 0 Å². The summed E-state index contributed by atoms with van der Waals surface area (Å²) >= 11 is 0. The van der Waals surface area contributed by atoms with Crippen molar-refractivity contribution in [3.63, 3.8) is 0 Å². The lowest BCUT2D eigenvalue weighted by Gasteiger charge is -2.01. The van der Waals surface area contributed by atoms with Crippen molar-refractivity contribution in [3.05, 3.63) is 35.1 Å². The van der Waals surface area contributed by atoms with E-state index in [0.29, 0.717) is 5.56 Å². The SMILES string of the molecule is Cc1cc(C2CC2C(N)=O)ccc1F. The molecular weight excluding hydrogens is 181 g/mol. The highest BCUT2D eigenvalue weighted by atomic mass is 19.1. The molecule has 1 saturated carbocycles. The molecule has 0 saturated heterocycles. The summed E-state index contributed by atoms with van der Waals surface area (Å²) in [6.45, 7) is 1.72. The summed E-state index contributed by atoms with van der Waals surface area (Å²) in [5, 5.41) is 0. The summed E-state index contributed by atoms with van der Waals surface area (Å²) in [5.74, 6) is -0.284. The van der Waals surface area contributed by atoms with E-state index in [2.05, 4.69) is 0 Å². The van der Waals surface area contributed by atoms with Gasteiger partial charge in [0.1, 0.15) is 5.82 Å². The summed E-state index contributed by atoms with van der Waals surface area (Å²) in [6.07, 6.45) is 0.806. The molecule has 1 aliphatic carbocycles. The molecule has 0 radical (unpaired) electrons. The molecule has 74 valence electrons. The maximum Gasteiger partial charge on any atom is 0.221 e. The van der Waals surface area contributed by atoms with Crippen LogP contribution in [0.5, 0.6) is 0 Å². The second-order valence-corrected chi connectivity index (χ2v) is 3.86. The molecule has 0 bridgehead atoms. The van der Waals surface area contributed by atoms with E-state index in [1.54, 1.807) is 19.1 Å². The fourth-order valence-corrected chi connectivity index (χ4v) is 1.78. The number of nitrogens with two attached hydrogens (primary N) is 1. The first-order valence-corrected chi connectivity index (χ1v) is 4.65. The number of aryl methyl sites for hydroxylation is 1. The van der Waals surface area contributed by atoms with Crippen LogP contribution in [-0.4, -0.2) is 5.91 Å². The van der Waals surface area contributed by atoms with Crippen molar-refractivity contribution < 1.29 is 9.18 Å². The first-order chi connectivity index (χ1) is 6.59. The molecule has 2 atom stereocenters. The van der Waals surface area contributed by atoms with Gasteiger partial charge < -0.3 is 5.73 Å². The van der Waals surface area contributed by atoms with Crippen molar-refractivity contribution >= 4 is 5.91 Å². The normalized spacial score (nSPS) is 24.7. The van der Waals surface area contributed by atoms with Gasteiger partial charge in [0.15, 0.2) is 0 Å². The average molecular weight is 193 g/mol. The second-order valence-electron chi connectivity index (χ2n) is 3.86. The third-order valence-electron chi connectivity index (χ3n) is 2.77. The Hall–Kier alpha value is -1.38. The number of hydrogen-bond acceptors (Lipinski definition) is 1. The van der Waals surface area contributed by atoms with Crippen LogP contribution >= 0.6 is 0 Å². The van der Waals surface area contributed by atoms with Gasteiger partial charge in [-0.1, -0.05) is 12.1 Å². The lowest BCUT2D eigenvalue weighted by atomic mass is 10.1. The molecule has 0 aromatic heterocycles. The Labute approximate surface area is 81.9 Å². The van der Waals surface area contributed by atoms with Gasteiger partial charge in [-0.3, -0.25) is 4.79 Å². The fraction of sp³-hybridized carbons (Fsp3) is 0.364. The summed E-state index contributed by atoms with van der Waals surface area (Å²) in [7, 11) is 0. The van der Waals surface area contributed by atoms with Gasteiger partial charge in [0, 0.05) is 5.92 Å². The van der Waals surface area contributed by atoms with Crippen molar-refractivity contribution in [2.24, 2.45) is 11.7 Å². The molecule has 0 spiro atoms. The number of amides is 1. The van der Waals surface area contributed by atoms with Crippen molar-refractivity contribution in [2.45, 2.75) is 19.3 Å². The topological polar surface area (TPSA) is 43.1 Å². The highest BCUT2D eigenvalue weighted by Gasteiger charge is 2.42. The lowest BCUT2D eigenvalue weighted by molar-refractivity contribution is -0.119. The molecule has 2 unspecified atom stereocenters. The highest BCUT2D eigenvalue weighted by Crippen LogP contribution is 2.47. The van der Waals surface area contributed by atoms with E-state index in [0.717, 1.165) is 12.0 Å². The molecule has 1 amide bonds. The van der Waals surface area contributed by atoms with Crippen molar-refractivity contribution in [1.29, 1.82) is 0 Å². The van der Waals surface area contributed by atoms with Crippen LogP contribution in [0.1, 0.15) is 23.5 Å². The molecule has 1 aromatic rings. The maximum atomic E-state index is 12.9. The molecule has 3 heteroatoms. The number of carbonyl (C=O) groups excluding carboxylic acids is 1. The summed E-state index contributed by atoms with van der Waals surface area (Å²) < 4.78 is 12.9. The van der Waals surface area contributed by atoms with Crippen molar-refractivity contribution in [1.82, 2.24) is 0 Å². The van der Waals surface area contributed by atoms with E-state index < -0.39 is 0 Å². The molecular formula is C11H12FNO. The van der Waals surface area contributed by atoms with Crippen LogP contribution in [0.25, 0.3) is 0 Å². The standard InChI is InChI=1S/C11H12FNO/c1-6-4-7(2-3-10(6)12)8-5-9(8)11(13)14/h2-4,8-9H,5H2,1H3,(H2,13,14). The van der Waals surface area contributed by atoms with Crippen LogP contribution in [0, 0.1) is 18.7 Å². The summed E-state index contributed by atoms with van der Waals surface area (Å²) in [6, 6.07) is 4.97. The maximum absolute atomic E-state index is 12.9. The fourth-order valence-electron chi connectivity index (χ4n) is 1.78. The summed E-state index contributed by atoms with van der Waals surface area (Å²) in [4.78, 5) is 10.8. The van der Waals surface area contributed by atoms with Gasteiger partial charge in [0.2, 0.25) is 5.91 Å². The Morgan fingerprint density at radius 1 is 1.57 bits per heavy atom. The molecule has 0 heterocycles. The summed E-state index contributed by atoms with van der Waals surface area (Å²) in [5.41, 5.74) is 6.82. The Morgan fingerprint density at radius 2 is 2.29 bits per heavy atom. The molecule has 2 nitrogen and oxygen atoms in total. The monoisotopic (exact) mass is 193 g/mol. The van der Waals surface area contributed by atoms with Gasteiger partial charge in [0.25, 0.3) is 0 Å². The molecule has 0 aliphatic heterocycles. The minimum Gasteiger partial charge on any atom is -0.369 e. The first-order valence-electron chi connectivity index (χ1n) is 4.65. The van der Waals surface area contributed by atoms with Crippen LogP contribution in [-0.2, 0) is 4.79 Å². The number of benzene rings is 1. The van der Waals surface area contributed by atoms with Crippen molar-refractivity contribution in [2.75, 3.05) is 0 Å². The molecule has 2 N–H and O–H groups in total. The smallest absolute Gasteiger partial charge is 0.221 e. The van der Waals surface area contributed by atoms with E-state index in [-0.39, 0.29) is 23.6 Å². The van der Waals surface area contributed by atoms with Crippen LogP contribution in [0.15, 0.2) is 18.2 Å². The minimum absolute atomic E-state index is 0.0418. The largest absolute Gasteiger partial charge is 0.369 e. The number of hydrogen-bond donors (Lipinski definition) is 1. The van der Waals surface area contributed by atoms with Crippen LogP contribution in [0.2, 0.25) is 0 Å². The molecule has 1 aliphatic rings. The van der Waals surface area contributed by atoms with E-state index in [4.69, 9.17) is 5.73 Å². The van der Waals surface area contributed by atoms with Crippen molar-refractivity contribution in [3.8, 4) is 0 Å². The van der Waals surface area contributed by atoms with Gasteiger partial charge in [-0.2, -0.15) is 0 Å². The minimum atomic E-state index is -0.253. The molecule has 2 rings (SSSR count). The first kappa shape index (κ1) is 9.19. The van der Waals surface area contributed by atoms with E-state index >= 15 is 0 Å². The lowest BCUT2D eigenvalue weighted by Crippen LogP contribution is -2.13. The van der Waals surface area contributed by atoms with Gasteiger partial charge in [-0.05, 0) is 36.5 Å². The Balaban J connectivity index is 2.20.